The van der Waals surface area contributed by atoms with Crippen LogP contribution in [0.2, 0.25) is 5.02 Å². The fourth-order valence-electron chi connectivity index (χ4n) is 5.07. The van der Waals surface area contributed by atoms with E-state index in [-0.39, 0.29) is 16.4 Å². The lowest BCUT2D eigenvalue weighted by Gasteiger charge is -2.44. The first-order valence-corrected chi connectivity index (χ1v) is 12.0. The molecular weight excluding hydrogens is 507 g/mol. The molecule has 0 spiro atoms. The Morgan fingerprint density at radius 1 is 1.27 bits per heavy atom. The first-order chi connectivity index (χ1) is 15.4. The Balaban J connectivity index is 2.35. The fraction of sp³-hybridized carbons (Fsp3) is 0.462. The predicted octanol–water partition coefficient (Wildman–Crippen LogP) is 6.82. The molecule has 1 heterocycles. The average Bonchev–Trinajstić information content (AvgIpc) is 3.02. The van der Waals surface area contributed by atoms with Crippen molar-refractivity contribution in [3.05, 3.63) is 68.9 Å². The van der Waals surface area contributed by atoms with Crippen molar-refractivity contribution in [3.8, 4) is 6.07 Å². The number of nitrogens with zero attached hydrogens (tertiary/aromatic N) is 2. The van der Waals surface area contributed by atoms with E-state index in [4.69, 9.17) is 16.3 Å². The van der Waals surface area contributed by atoms with Gasteiger partial charge in [-0.25, -0.2) is 4.39 Å². The minimum atomic E-state index is -1.24. The molecule has 0 radical (unpaired) electrons. The van der Waals surface area contributed by atoms with Crippen LogP contribution in [0.4, 0.5) is 4.39 Å². The highest BCUT2D eigenvalue weighted by Crippen LogP contribution is 2.54. The van der Waals surface area contributed by atoms with Crippen LogP contribution >= 0.6 is 27.5 Å². The molecular formula is C26H29BrClFN2O2. The van der Waals surface area contributed by atoms with Crippen molar-refractivity contribution in [1.29, 1.82) is 5.26 Å². The zero-order chi connectivity index (χ0) is 24.6. The number of hydrogen-bond donors (Lipinski definition) is 0. The number of carbonyl (C=O) groups excluding carboxylic acids is 1. The first kappa shape index (κ1) is 25.7. The summed E-state index contributed by atoms with van der Waals surface area (Å²) < 4.78 is 21.9. The lowest BCUT2D eigenvalue weighted by molar-refractivity contribution is -0.165. The van der Waals surface area contributed by atoms with E-state index >= 15 is 4.39 Å². The Hall–Kier alpha value is -1.94. The van der Waals surface area contributed by atoms with Gasteiger partial charge in [0.15, 0.2) is 5.72 Å². The van der Waals surface area contributed by atoms with Crippen molar-refractivity contribution in [2.45, 2.75) is 64.1 Å². The van der Waals surface area contributed by atoms with Crippen LogP contribution < -0.4 is 0 Å². The molecule has 1 aliphatic heterocycles. The van der Waals surface area contributed by atoms with Crippen molar-refractivity contribution in [1.82, 2.24) is 4.90 Å². The number of likely N-dealkylation sites (tertiary alicyclic amines) is 1. The number of hydrogen-bond acceptors (Lipinski definition) is 4. The fourth-order valence-corrected chi connectivity index (χ4v) is 5.65. The standard InChI is InChI=1S/C26H29BrClFN2O2/c1-24(2,3)13-23-26(15-30,20-10-9-19(28)12-22(20)29)21(17-7-6-8-18(27)11-17)14-31(23)25(4,5)33-16-32/h6-12,16,21,23H,13-14H2,1-5H3/t21-,23+,26-/m1/s1. The molecule has 7 heteroatoms. The Bertz CT molecular complexity index is 1080. The molecule has 0 bridgehead atoms. The van der Waals surface area contributed by atoms with Gasteiger partial charge in [-0.15, -0.1) is 0 Å². The second-order valence-electron chi connectivity index (χ2n) is 10.3. The van der Waals surface area contributed by atoms with Gasteiger partial charge in [0.05, 0.1) is 6.07 Å². The molecule has 0 saturated carbocycles. The van der Waals surface area contributed by atoms with Crippen molar-refractivity contribution < 1.29 is 13.9 Å². The Kier molecular flexibility index (Phi) is 7.29. The molecule has 2 aromatic carbocycles. The maximum atomic E-state index is 15.5. The molecule has 3 atom stereocenters. The van der Waals surface area contributed by atoms with E-state index in [1.54, 1.807) is 26.0 Å². The number of ether oxygens (including phenoxy) is 1. The zero-order valence-corrected chi connectivity index (χ0v) is 21.9. The Labute approximate surface area is 208 Å². The minimum Gasteiger partial charge on any atom is -0.446 e. The monoisotopic (exact) mass is 534 g/mol. The first-order valence-electron chi connectivity index (χ1n) is 10.9. The van der Waals surface area contributed by atoms with E-state index in [0.717, 1.165) is 10.0 Å². The number of benzene rings is 2. The lowest BCUT2D eigenvalue weighted by atomic mass is 9.64. The summed E-state index contributed by atoms with van der Waals surface area (Å²) in [4.78, 5) is 13.4. The summed E-state index contributed by atoms with van der Waals surface area (Å²) in [5.41, 5.74) is -1.21. The largest absolute Gasteiger partial charge is 0.446 e. The van der Waals surface area contributed by atoms with E-state index in [9.17, 15) is 10.1 Å². The smallest absolute Gasteiger partial charge is 0.294 e. The quantitative estimate of drug-likeness (QED) is 0.381. The molecule has 0 unspecified atom stereocenters. The molecule has 1 fully saturated rings. The summed E-state index contributed by atoms with van der Waals surface area (Å²) in [7, 11) is 0. The minimum absolute atomic E-state index is 0.183. The van der Waals surface area contributed by atoms with Gasteiger partial charge in [-0.3, -0.25) is 9.69 Å². The topological polar surface area (TPSA) is 53.3 Å². The molecule has 1 aliphatic rings. The number of carbonyl (C=O) groups is 1. The van der Waals surface area contributed by atoms with Crippen LogP contribution in [-0.4, -0.2) is 29.7 Å². The molecule has 3 rings (SSSR count). The molecule has 0 aliphatic carbocycles. The van der Waals surface area contributed by atoms with Gasteiger partial charge in [0.2, 0.25) is 0 Å². The van der Waals surface area contributed by atoms with Crippen LogP contribution in [-0.2, 0) is 14.9 Å². The third-order valence-corrected chi connectivity index (χ3v) is 7.21. The van der Waals surface area contributed by atoms with Crippen molar-refractivity contribution >= 4 is 34.0 Å². The summed E-state index contributed by atoms with van der Waals surface area (Å²) in [6.45, 7) is 10.7. The second-order valence-corrected chi connectivity index (χ2v) is 11.7. The molecule has 0 amide bonds. The summed E-state index contributed by atoms with van der Waals surface area (Å²) in [5.74, 6) is -0.892. The molecule has 2 aromatic rings. The summed E-state index contributed by atoms with van der Waals surface area (Å²) in [6.07, 6.45) is 0.582. The zero-order valence-electron chi connectivity index (χ0n) is 19.5. The van der Waals surface area contributed by atoms with Crippen molar-refractivity contribution in [2.24, 2.45) is 5.41 Å². The van der Waals surface area contributed by atoms with Gasteiger partial charge >= 0.3 is 0 Å². The van der Waals surface area contributed by atoms with Crippen LogP contribution in [0, 0.1) is 22.6 Å². The molecule has 1 saturated heterocycles. The lowest BCUT2D eigenvalue weighted by Crippen LogP contribution is -2.54. The normalized spacial score (nSPS) is 23.8. The number of nitriles is 1. The summed E-state index contributed by atoms with van der Waals surface area (Å²) in [6, 6.07) is 14.4. The second kappa shape index (κ2) is 9.37. The van der Waals surface area contributed by atoms with Gasteiger partial charge in [0.1, 0.15) is 11.2 Å². The van der Waals surface area contributed by atoms with Crippen LogP contribution in [0.3, 0.4) is 0 Å². The van der Waals surface area contributed by atoms with E-state index in [0.29, 0.717) is 25.0 Å². The Morgan fingerprint density at radius 2 is 1.97 bits per heavy atom. The van der Waals surface area contributed by atoms with Gasteiger partial charge in [-0.1, -0.05) is 66.5 Å². The number of halogens is 3. The van der Waals surface area contributed by atoms with E-state index < -0.39 is 23.0 Å². The van der Waals surface area contributed by atoms with Gasteiger partial charge in [0.25, 0.3) is 6.47 Å². The van der Waals surface area contributed by atoms with Crippen LogP contribution in [0.15, 0.2) is 46.9 Å². The van der Waals surface area contributed by atoms with Crippen LogP contribution in [0.1, 0.15) is 58.1 Å². The maximum Gasteiger partial charge on any atom is 0.294 e. The predicted molar refractivity (Wildman–Crippen MR) is 131 cm³/mol. The number of rotatable bonds is 6. The molecule has 4 nitrogen and oxygen atoms in total. The van der Waals surface area contributed by atoms with Gasteiger partial charge in [-0.05, 0) is 55.5 Å². The van der Waals surface area contributed by atoms with E-state index in [1.807, 2.05) is 29.2 Å². The SMILES string of the molecule is CC(C)(C)C[C@@H]1N(C(C)(C)OC=O)C[C@H](c2cccc(Br)c2)[C@@]1(C#N)c1ccc(Cl)cc1F. The average molecular weight is 536 g/mol. The van der Waals surface area contributed by atoms with E-state index in [2.05, 4.69) is 42.8 Å². The highest BCUT2D eigenvalue weighted by atomic mass is 79.9. The third-order valence-electron chi connectivity index (χ3n) is 6.48. The molecule has 176 valence electrons. The van der Waals surface area contributed by atoms with E-state index in [1.165, 1.54) is 6.07 Å². The third kappa shape index (κ3) is 4.96. The highest BCUT2D eigenvalue weighted by molar-refractivity contribution is 9.10. The van der Waals surface area contributed by atoms with Crippen molar-refractivity contribution in [2.75, 3.05) is 6.54 Å². The summed E-state index contributed by atoms with van der Waals surface area (Å²) in [5, 5.41) is 11.1. The highest BCUT2D eigenvalue weighted by Gasteiger charge is 2.61. The molecule has 0 N–H and O–H groups in total. The van der Waals surface area contributed by atoms with Gasteiger partial charge < -0.3 is 4.74 Å². The van der Waals surface area contributed by atoms with Gasteiger partial charge in [0, 0.05) is 33.6 Å². The van der Waals surface area contributed by atoms with Crippen LogP contribution in [0.5, 0.6) is 0 Å². The summed E-state index contributed by atoms with van der Waals surface area (Å²) >= 11 is 9.61. The van der Waals surface area contributed by atoms with Crippen LogP contribution in [0.25, 0.3) is 0 Å². The molecule has 33 heavy (non-hydrogen) atoms. The Morgan fingerprint density at radius 3 is 2.52 bits per heavy atom. The maximum absolute atomic E-state index is 15.5. The van der Waals surface area contributed by atoms with Gasteiger partial charge in [-0.2, -0.15) is 5.26 Å². The molecule has 0 aromatic heterocycles. The van der Waals surface area contributed by atoms with Crippen molar-refractivity contribution in [3.63, 3.8) is 0 Å².